The van der Waals surface area contributed by atoms with Gasteiger partial charge in [-0.1, -0.05) is 0 Å². The Bertz CT molecular complexity index is 1140. The molecular formula is C27H36N6O. The summed E-state index contributed by atoms with van der Waals surface area (Å²) in [6.07, 6.45) is 15.1. The zero-order chi connectivity index (χ0) is 22.9. The van der Waals surface area contributed by atoms with Crippen LogP contribution in [0.5, 0.6) is 0 Å². The number of rotatable bonds is 4. The van der Waals surface area contributed by atoms with Gasteiger partial charge in [-0.15, -0.1) is 0 Å². The molecule has 3 aromatic rings. The maximum Gasteiger partial charge on any atom is 0.317 e. The van der Waals surface area contributed by atoms with Crippen LogP contribution >= 0.6 is 0 Å². The number of H-pyrrole nitrogens is 1. The first-order valence-corrected chi connectivity index (χ1v) is 13.2. The maximum absolute atomic E-state index is 13.1. The molecule has 0 radical (unpaired) electrons. The summed E-state index contributed by atoms with van der Waals surface area (Å²) in [4.78, 5) is 30.1. The Morgan fingerprint density at radius 1 is 1.03 bits per heavy atom. The molecule has 7 heteroatoms. The first-order chi connectivity index (χ1) is 16.7. The molecule has 7 nitrogen and oxygen atoms in total. The Balaban J connectivity index is 1.07. The smallest absolute Gasteiger partial charge is 0.317 e. The number of piperidine rings is 1. The normalized spacial score (nSPS) is 26.4. The number of amides is 2. The van der Waals surface area contributed by atoms with Gasteiger partial charge in [-0.3, -0.25) is 4.98 Å². The van der Waals surface area contributed by atoms with Gasteiger partial charge in [-0.2, -0.15) is 0 Å². The summed E-state index contributed by atoms with van der Waals surface area (Å²) in [5, 5.41) is 5.78. The van der Waals surface area contributed by atoms with Gasteiger partial charge in [0.2, 0.25) is 0 Å². The van der Waals surface area contributed by atoms with Gasteiger partial charge >= 0.3 is 6.03 Å². The minimum atomic E-state index is 0.157. The predicted octanol–water partition coefficient (Wildman–Crippen LogP) is 4.65. The summed E-state index contributed by atoms with van der Waals surface area (Å²) in [6.45, 7) is 5.47. The lowest BCUT2D eigenvalue weighted by molar-refractivity contribution is 0.142. The average Bonchev–Trinajstić information content (AvgIpc) is 3.56. The fraction of sp³-hybridized carbons (Fsp3) is 0.593. The first-order valence-electron chi connectivity index (χ1n) is 13.2. The number of carbonyl (C=O) groups excluding carboxylic acids is 1. The van der Waals surface area contributed by atoms with E-state index in [1.54, 1.807) is 0 Å². The van der Waals surface area contributed by atoms with Crippen LogP contribution in [0.1, 0.15) is 62.8 Å². The molecule has 0 aromatic carbocycles. The number of nitrogens with zero attached hydrogens (tertiary/aromatic N) is 4. The van der Waals surface area contributed by atoms with Crippen LogP contribution in [0.2, 0.25) is 0 Å². The van der Waals surface area contributed by atoms with Gasteiger partial charge in [0.05, 0.1) is 11.7 Å². The second kappa shape index (κ2) is 9.53. The van der Waals surface area contributed by atoms with Crippen LogP contribution in [0.25, 0.3) is 21.9 Å². The number of fused-ring (bicyclic) bond motifs is 3. The summed E-state index contributed by atoms with van der Waals surface area (Å²) < 4.78 is 0. The van der Waals surface area contributed by atoms with Gasteiger partial charge in [0.1, 0.15) is 5.65 Å². The number of aromatic amines is 1. The summed E-state index contributed by atoms with van der Waals surface area (Å²) in [5.41, 5.74) is 3.27. The van der Waals surface area contributed by atoms with Gasteiger partial charge in [0.25, 0.3) is 0 Å². The molecule has 2 saturated heterocycles. The third-order valence-electron chi connectivity index (χ3n) is 8.34. The van der Waals surface area contributed by atoms with Crippen LogP contribution in [0.4, 0.5) is 4.79 Å². The van der Waals surface area contributed by atoms with Crippen LogP contribution in [-0.4, -0.2) is 69.5 Å². The van der Waals surface area contributed by atoms with E-state index in [0.29, 0.717) is 11.8 Å². The van der Waals surface area contributed by atoms with Gasteiger partial charge in [0.15, 0.2) is 0 Å². The second-order valence-electron chi connectivity index (χ2n) is 10.6. The molecule has 6 rings (SSSR count). The highest BCUT2D eigenvalue weighted by Gasteiger charge is 2.29. The summed E-state index contributed by atoms with van der Waals surface area (Å²) in [6, 6.07) is 4.73. The lowest BCUT2D eigenvalue weighted by Crippen LogP contribution is -2.50. The lowest BCUT2D eigenvalue weighted by Gasteiger charge is -2.36. The number of nitrogens with one attached hydrogen (secondary N) is 2. The van der Waals surface area contributed by atoms with Crippen molar-refractivity contribution in [3.05, 3.63) is 36.3 Å². The fourth-order valence-corrected chi connectivity index (χ4v) is 6.56. The maximum atomic E-state index is 13.1. The standard InChI is InChI=1S/C27H36N6O/c34-27(33-15-3-4-19(18-33)17-32-13-1-2-14-32)31-21-7-5-20(6-8-21)22-9-11-28-24-16-30-26-23(25(22)24)10-12-29-26/h9-12,16,19-21H,1-8,13-15,17-18H2,(H,29,30)(H,31,34). The molecular weight excluding hydrogens is 424 g/mol. The molecule has 0 bridgehead atoms. The van der Waals surface area contributed by atoms with Crippen LogP contribution in [0.3, 0.4) is 0 Å². The Kier molecular flexibility index (Phi) is 6.12. The van der Waals surface area contributed by atoms with E-state index in [0.717, 1.165) is 61.7 Å². The monoisotopic (exact) mass is 460 g/mol. The molecule has 5 heterocycles. The molecule has 34 heavy (non-hydrogen) atoms. The molecule has 1 aliphatic carbocycles. The Labute approximate surface area is 201 Å². The molecule has 3 aliphatic rings. The van der Waals surface area contributed by atoms with Crippen LogP contribution in [0, 0.1) is 5.92 Å². The molecule has 2 aliphatic heterocycles. The van der Waals surface area contributed by atoms with E-state index in [2.05, 4.69) is 42.2 Å². The van der Waals surface area contributed by atoms with Crippen molar-refractivity contribution in [2.24, 2.45) is 5.92 Å². The molecule has 1 unspecified atom stereocenters. The number of likely N-dealkylation sites (tertiary alicyclic amines) is 2. The Hall–Kier alpha value is -2.67. The quantitative estimate of drug-likeness (QED) is 0.594. The number of hydrogen-bond acceptors (Lipinski definition) is 4. The fourth-order valence-electron chi connectivity index (χ4n) is 6.56. The molecule has 3 aromatic heterocycles. The molecule has 2 N–H and O–H groups in total. The van der Waals surface area contributed by atoms with Gasteiger partial charge in [-0.25, -0.2) is 9.78 Å². The Morgan fingerprint density at radius 3 is 2.74 bits per heavy atom. The van der Waals surface area contributed by atoms with E-state index in [4.69, 9.17) is 0 Å². The van der Waals surface area contributed by atoms with Crippen molar-refractivity contribution < 1.29 is 4.79 Å². The van der Waals surface area contributed by atoms with Crippen LogP contribution in [0.15, 0.2) is 30.7 Å². The van der Waals surface area contributed by atoms with E-state index < -0.39 is 0 Å². The molecule has 1 saturated carbocycles. The van der Waals surface area contributed by atoms with Gasteiger partial charge in [0, 0.05) is 48.8 Å². The first kappa shape index (κ1) is 21.8. The number of hydrogen-bond donors (Lipinski definition) is 2. The lowest BCUT2D eigenvalue weighted by atomic mass is 9.80. The molecule has 180 valence electrons. The zero-order valence-electron chi connectivity index (χ0n) is 20.0. The van der Waals surface area contributed by atoms with E-state index in [1.807, 2.05) is 18.6 Å². The molecule has 2 amide bonds. The minimum absolute atomic E-state index is 0.157. The zero-order valence-corrected chi connectivity index (χ0v) is 20.0. The highest BCUT2D eigenvalue weighted by atomic mass is 16.2. The number of carbonyl (C=O) groups is 1. The van der Waals surface area contributed by atoms with E-state index in [-0.39, 0.29) is 12.1 Å². The molecule has 1 atom stereocenters. The van der Waals surface area contributed by atoms with E-state index in [1.165, 1.54) is 49.8 Å². The third-order valence-corrected chi connectivity index (χ3v) is 8.34. The largest absolute Gasteiger partial charge is 0.346 e. The SMILES string of the molecule is O=C(NC1CCC(c2ccnc3cnc4[nH]ccc4c23)CC1)N1CCCC(CN2CCCC2)C1. The van der Waals surface area contributed by atoms with E-state index >= 15 is 0 Å². The van der Waals surface area contributed by atoms with Crippen LogP contribution in [-0.2, 0) is 0 Å². The highest BCUT2D eigenvalue weighted by molar-refractivity contribution is 6.05. The topological polar surface area (TPSA) is 77.1 Å². The second-order valence-corrected chi connectivity index (χ2v) is 10.6. The highest BCUT2D eigenvalue weighted by Crippen LogP contribution is 2.38. The number of aromatic nitrogens is 3. The van der Waals surface area contributed by atoms with Crippen molar-refractivity contribution in [3.63, 3.8) is 0 Å². The van der Waals surface area contributed by atoms with Crippen LogP contribution < -0.4 is 5.32 Å². The third kappa shape index (κ3) is 4.38. The van der Waals surface area contributed by atoms with Crippen molar-refractivity contribution in [1.29, 1.82) is 0 Å². The molecule has 3 fully saturated rings. The predicted molar refractivity (Wildman–Crippen MR) is 135 cm³/mol. The summed E-state index contributed by atoms with van der Waals surface area (Å²) >= 11 is 0. The average molecular weight is 461 g/mol. The number of urea groups is 1. The van der Waals surface area contributed by atoms with E-state index in [9.17, 15) is 4.79 Å². The van der Waals surface area contributed by atoms with Crippen molar-refractivity contribution in [2.45, 2.75) is 63.3 Å². The van der Waals surface area contributed by atoms with Gasteiger partial charge in [-0.05, 0) is 94.0 Å². The summed E-state index contributed by atoms with van der Waals surface area (Å²) in [5.74, 6) is 1.13. The summed E-state index contributed by atoms with van der Waals surface area (Å²) in [7, 11) is 0. The number of pyridine rings is 2. The van der Waals surface area contributed by atoms with Crippen molar-refractivity contribution in [1.82, 2.24) is 30.1 Å². The Morgan fingerprint density at radius 2 is 1.88 bits per heavy atom. The minimum Gasteiger partial charge on any atom is -0.346 e. The van der Waals surface area contributed by atoms with Crippen molar-refractivity contribution >= 4 is 28.0 Å². The van der Waals surface area contributed by atoms with Crippen molar-refractivity contribution in [2.75, 3.05) is 32.7 Å². The van der Waals surface area contributed by atoms with Gasteiger partial charge < -0.3 is 20.1 Å². The molecule has 0 spiro atoms. The van der Waals surface area contributed by atoms with Crippen molar-refractivity contribution in [3.8, 4) is 0 Å².